The third-order valence-electron chi connectivity index (χ3n) is 4.02. The third-order valence-corrected chi connectivity index (χ3v) is 4.02. The van der Waals surface area contributed by atoms with Crippen molar-refractivity contribution in [2.75, 3.05) is 5.32 Å². The highest BCUT2D eigenvalue weighted by Gasteiger charge is 2.18. The van der Waals surface area contributed by atoms with Gasteiger partial charge in [0, 0.05) is 17.8 Å². The van der Waals surface area contributed by atoms with Crippen molar-refractivity contribution in [3.63, 3.8) is 0 Å². The van der Waals surface area contributed by atoms with Crippen LogP contribution in [0.4, 0.5) is 11.4 Å². The molecule has 0 saturated carbocycles. The standard InChI is InChI=1S/C20H16N2O5/c1-13(27-19-9-8-18(22(25)26)11-16(19)12-23)20(24)21-17-7-6-14-4-2-3-5-15(14)10-17/h2-13H,1H3,(H,21,24)/t13-/m0/s1. The van der Waals surface area contributed by atoms with Crippen molar-refractivity contribution in [1.29, 1.82) is 0 Å². The van der Waals surface area contributed by atoms with Crippen LogP contribution in [0.25, 0.3) is 10.8 Å². The zero-order valence-electron chi connectivity index (χ0n) is 14.4. The quantitative estimate of drug-likeness (QED) is 0.405. The Labute approximate surface area is 154 Å². The number of non-ortho nitro benzene ring substituents is 1. The second-order valence-electron chi connectivity index (χ2n) is 5.91. The first-order chi connectivity index (χ1) is 13.0. The molecule has 0 unspecified atom stereocenters. The van der Waals surface area contributed by atoms with Gasteiger partial charge in [0.2, 0.25) is 0 Å². The van der Waals surface area contributed by atoms with Crippen LogP contribution >= 0.6 is 0 Å². The van der Waals surface area contributed by atoms with Crippen LogP contribution in [0.15, 0.2) is 60.7 Å². The molecule has 1 atom stereocenters. The Morgan fingerprint density at radius 2 is 1.85 bits per heavy atom. The number of nitro groups is 1. The lowest BCUT2D eigenvalue weighted by atomic mass is 10.1. The Kier molecular flexibility index (Phi) is 5.12. The first-order valence-corrected chi connectivity index (χ1v) is 8.18. The van der Waals surface area contributed by atoms with Crippen molar-refractivity contribution in [1.82, 2.24) is 0 Å². The molecule has 1 amide bonds. The molecule has 1 N–H and O–H groups in total. The molecule has 0 aromatic heterocycles. The lowest BCUT2D eigenvalue weighted by molar-refractivity contribution is -0.384. The topological polar surface area (TPSA) is 98.5 Å². The molecule has 0 saturated heterocycles. The highest BCUT2D eigenvalue weighted by atomic mass is 16.6. The van der Waals surface area contributed by atoms with Gasteiger partial charge in [-0.3, -0.25) is 19.7 Å². The Bertz CT molecular complexity index is 1030. The maximum Gasteiger partial charge on any atom is 0.270 e. The SMILES string of the molecule is C[C@H](Oc1ccc([N+](=O)[O-])cc1C=O)C(=O)Nc1ccc2ccccc2c1. The van der Waals surface area contributed by atoms with Gasteiger partial charge in [-0.05, 0) is 35.9 Å². The maximum atomic E-state index is 12.4. The number of nitro benzene ring substituents is 1. The van der Waals surface area contributed by atoms with Crippen molar-refractivity contribution in [3.8, 4) is 5.75 Å². The Balaban J connectivity index is 1.73. The second-order valence-corrected chi connectivity index (χ2v) is 5.91. The van der Waals surface area contributed by atoms with Gasteiger partial charge in [-0.15, -0.1) is 0 Å². The minimum Gasteiger partial charge on any atom is -0.480 e. The first kappa shape index (κ1) is 18.1. The molecular formula is C20H16N2O5. The minimum absolute atomic E-state index is 0.00885. The van der Waals surface area contributed by atoms with E-state index in [2.05, 4.69) is 5.32 Å². The number of aldehydes is 1. The number of carbonyl (C=O) groups excluding carboxylic acids is 2. The van der Waals surface area contributed by atoms with E-state index in [4.69, 9.17) is 4.74 Å². The van der Waals surface area contributed by atoms with Crippen LogP contribution in [0.3, 0.4) is 0 Å². The van der Waals surface area contributed by atoms with Gasteiger partial charge in [0.1, 0.15) is 5.75 Å². The Morgan fingerprint density at radius 3 is 2.56 bits per heavy atom. The van der Waals surface area contributed by atoms with Gasteiger partial charge in [-0.2, -0.15) is 0 Å². The van der Waals surface area contributed by atoms with Gasteiger partial charge in [0.05, 0.1) is 10.5 Å². The fourth-order valence-corrected chi connectivity index (χ4v) is 2.60. The van der Waals surface area contributed by atoms with Crippen molar-refractivity contribution >= 4 is 34.3 Å². The Hall–Kier alpha value is -3.74. The second kappa shape index (κ2) is 7.65. The average molecular weight is 364 g/mol. The summed E-state index contributed by atoms with van der Waals surface area (Å²) in [5.74, 6) is -0.294. The molecule has 0 bridgehead atoms. The molecule has 3 rings (SSSR count). The molecule has 0 spiro atoms. The van der Waals surface area contributed by atoms with Crippen LogP contribution in [-0.2, 0) is 4.79 Å². The predicted octanol–water partition coefficient (Wildman–Crippen LogP) is 3.97. The number of nitrogens with one attached hydrogen (secondary N) is 1. The zero-order chi connectivity index (χ0) is 19.4. The number of hydrogen-bond donors (Lipinski definition) is 1. The van der Waals surface area contributed by atoms with Crippen molar-refractivity contribution < 1.29 is 19.2 Å². The number of ether oxygens (including phenoxy) is 1. The fraction of sp³-hybridized carbons (Fsp3) is 0.100. The van der Waals surface area contributed by atoms with E-state index in [1.54, 1.807) is 6.07 Å². The van der Waals surface area contributed by atoms with E-state index in [1.165, 1.54) is 19.1 Å². The summed E-state index contributed by atoms with van der Waals surface area (Å²) < 4.78 is 5.53. The molecule has 0 heterocycles. The number of carbonyl (C=O) groups is 2. The number of benzene rings is 3. The molecule has 0 aliphatic heterocycles. The molecule has 0 aliphatic carbocycles. The highest BCUT2D eigenvalue weighted by Crippen LogP contribution is 2.24. The zero-order valence-corrected chi connectivity index (χ0v) is 14.4. The molecular weight excluding hydrogens is 348 g/mol. The summed E-state index contributed by atoms with van der Waals surface area (Å²) >= 11 is 0. The fourth-order valence-electron chi connectivity index (χ4n) is 2.60. The summed E-state index contributed by atoms with van der Waals surface area (Å²) in [6, 6.07) is 16.9. The number of hydrogen-bond acceptors (Lipinski definition) is 5. The van der Waals surface area contributed by atoms with Gasteiger partial charge in [-0.1, -0.05) is 30.3 Å². The summed E-state index contributed by atoms with van der Waals surface area (Å²) in [6.45, 7) is 1.53. The Morgan fingerprint density at radius 1 is 1.11 bits per heavy atom. The lowest BCUT2D eigenvalue weighted by Crippen LogP contribution is -2.30. The van der Waals surface area contributed by atoms with Gasteiger partial charge in [0.25, 0.3) is 11.6 Å². The van der Waals surface area contributed by atoms with Crippen LogP contribution in [-0.4, -0.2) is 23.2 Å². The number of nitrogens with zero attached hydrogens (tertiary/aromatic N) is 1. The molecule has 7 heteroatoms. The van der Waals surface area contributed by atoms with Crippen LogP contribution in [0.2, 0.25) is 0 Å². The molecule has 0 fully saturated rings. The number of rotatable bonds is 6. The van der Waals surface area contributed by atoms with Gasteiger partial charge < -0.3 is 10.1 Å². The van der Waals surface area contributed by atoms with Crippen molar-refractivity contribution in [3.05, 3.63) is 76.3 Å². The van der Waals surface area contributed by atoms with Gasteiger partial charge in [0.15, 0.2) is 12.4 Å². The summed E-state index contributed by atoms with van der Waals surface area (Å²) in [6.07, 6.45) is -0.451. The summed E-state index contributed by atoms with van der Waals surface area (Å²) in [5.41, 5.74) is 0.403. The van der Waals surface area contributed by atoms with E-state index in [-0.39, 0.29) is 17.0 Å². The van der Waals surface area contributed by atoms with E-state index in [9.17, 15) is 19.7 Å². The van der Waals surface area contributed by atoms with Crippen LogP contribution in [0, 0.1) is 10.1 Å². The predicted molar refractivity (Wildman–Crippen MR) is 101 cm³/mol. The molecule has 136 valence electrons. The summed E-state index contributed by atoms with van der Waals surface area (Å²) in [5, 5.41) is 15.6. The lowest BCUT2D eigenvalue weighted by Gasteiger charge is -2.16. The van der Waals surface area contributed by atoms with Crippen LogP contribution in [0.5, 0.6) is 5.75 Å². The summed E-state index contributed by atoms with van der Waals surface area (Å²) in [7, 11) is 0. The number of anilines is 1. The molecule has 7 nitrogen and oxygen atoms in total. The van der Waals surface area contributed by atoms with Crippen molar-refractivity contribution in [2.45, 2.75) is 13.0 Å². The van der Waals surface area contributed by atoms with E-state index in [0.717, 1.165) is 16.8 Å². The molecule has 3 aromatic rings. The monoisotopic (exact) mass is 364 g/mol. The third kappa shape index (κ3) is 4.09. The first-order valence-electron chi connectivity index (χ1n) is 8.18. The normalized spacial score (nSPS) is 11.6. The maximum absolute atomic E-state index is 12.4. The van der Waals surface area contributed by atoms with E-state index in [0.29, 0.717) is 12.0 Å². The van der Waals surface area contributed by atoms with Gasteiger partial charge >= 0.3 is 0 Å². The average Bonchev–Trinajstić information content (AvgIpc) is 2.67. The molecule has 3 aromatic carbocycles. The van der Waals surface area contributed by atoms with E-state index in [1.807, 2.05) is 36.4 Å². The molecule has 27 heavy (non-hydrogen) atoms. The highest BCUT2D eigenvalue weighted by molar-refractivity contribution is 5.96. The van der Waals surface area contributed by atoms with E-state index < -0.39 is 16.9 Å². The van der Waals surface area contributed by atoms with Crippen LogP contribution in [0.1, 0.15) is 17.3 Å². The van der Waals surface area contributed by atoms with Gasteiger partial charge in [-0.25, -0.2) is 0 Å². The molecule has 0 radical (unpaired) electrons. The number of amides is 1. The van der Waals surface area contributed by atoms with E-state index >= 15 is 0 Å². The molecule has 0 aliphatic rings. The van der Waals surface area contributed by atoms with Crippen molar-refractivity contribution in [2.24, 2.45) is 0 Å². The number of fused-ring (bicyclic) bond motifs is 1. The smallest absolute Gasteiger partial charge is 0.270 e. The summed E-state index contributed by atoms with van der Waals surface area (Å²) in [4.78, 5) is 33.7. The largest absolute Gasteiger partial charge is 0.480 e. The minimum atomic E-state index is -0.906. The van der Waals surface area contributed by atoms with Crippen LogP contribution < -0.4 is 10.1 Å².